The molecule has 3 heteroatoms. The second-order valence-electron chi connectivity index (χ2n) is 5.43. The van der Waals surface area contributed by atoms with Gasteiger partial charge in [-0.25, -0.2) is 0 Å². The number of nitrogens with one attached hydrogen (secondary N) is 1. The van der Waals surface area contributed by atoms with Crippen LogP contribution in [0.2, 0.25) is 0 Å². The molecule has 94 valence electrons. The quantitative estimate of drug-likeness (QED) is 0.774. The lowest BCUT2D eigenvalue weighted by Crippen LogP contribution is -2.44. The van der Waals surface area contributed by atoms with E-state index in [9.17, 15) is 0 Å². The highest BCUT2D eigenvalue weighted by Gasteiger charge is 2.16. The Labute approximate surface area is 100 Å². The predicted octanol–water partition coefficient (Wildman–Crippen LogP) is 1.16. The molecule has 0 amide bonds. The first-order chi connectivity index (χ1) is 7.84. The largest absolute Gasteiger partial charge is 0.313 e. The van der Waals surface area contributed by atoms with Gasteiger partial charge in [0, 0.05) is 19.1 Å². The van der Waals surface area contributed by atoms with Crippen molar-refractivity contribution in [2.75, 3.05) is 46.3 Å². The SMILES string of the molecule is CN1CCC(NCCN2CCCCC2)CC1. The van der Waals surface area contributed by atoms with E-state index >= 15 is 0 Å². The van der Waals surface area contributed by atoms with Gasteiger partial charge in [0.2, 0.25) is 0 Å². The first-order valence-corrected chi connectivity index (χ1v) is 6.99. The molecule has 16 heavy (non-hydrogen) atoms. The Hall–Kier alpha value is -0.120. The number of likely N-dealkylation sites (tertiary alicyclic amines) is 2. The highest BCUT2D eigenvalue weighted by Crippen LogP contribution is 2.09. The number of nitrogens with zero attached hydrogens (tertiary/aromatic N) is 2. The van der Waals surface area contributed by atoms with Crippen LogP contribution in [0.3, 0.4) is 0 Å². The summed E-state index contributed by atoms with van der Waals surface area (Å²) in [6.07, 6.45) is 6.92. The van der Waals surface area contributed by atoms with Gasteiger partial charge in [0.15, 0.2) is 0 Å². The van der Waals surface area contributed by atoms with Gasteiger partial charge in [0.1, 0.15) is 0 Å². The van der Waals surface area contributed by atoms with Crippen LogP contribution < -0.4 is 5.32 Å². The predicted molar refractivity (Wildman–Crippen MR) is 68.8 cm³/mol. The third-order valence-corrected chi connectivity index (χ3v) is 4.03. The minimum Gasteiger partial charge on any atom is -0.313 e. The monoisotopic (exact) mass is 225 g/mol. The molecule has 0 aromatic carbocycles. The Morgan fingerprint density at radius 3 is 2.38 bits per heavy atom. The van der Waals surface area contributed by atoms with Crippen molar-refractivity contribution in [3.63, 3.8) is 0 Å². The summed E-state index contributed by atoms with van der Waals surface area (Å²) in [6, 6.07) is 0.779. The van der Waals surface area contributed by atoms with Crippen molar-refractivity contribution >= 4 is 0 Å². The average Bonchev–Trinajstić information content (AvgIpc) is 2.33. The lowest BCUT2D eigenvalue weighted by Gasteiger charge is -2.31. The molecule has 2 fully saturated rings. The van der Waals surface area contributed by atoms with Crippen LogP contribution in [0.4, 0.5) is 0 Å². The number of hydrogen-bond acceptors (Lipinski definition) is 3. The minimum absolute atomic E-state index is 0.779. The van der Waals surface area contributed by atoms with E-state index in [-0.39, 0.29) is 0 Å². The van der Waals surface area contributed by atoms with Gasteiger partial charge in [-0.2, -0.15) is 0 Å². The van der Waals surface area contributed by atoms with Crippen LogP contribution in [0.5, 0.6) is 0 Å². The molecule has 3 nitrogen and oxygen atoms in total. The molecule has 0 atom stereocenters. The van der Waals surface area contributed by atoms with Crippen molar-refractivity contribution in [1.29, 1.82) is 0 Å². The molecule has 2 saturated heterocycles. The molecule has 1 N–H and O–H groups in total. The lowest BCUT2D eigenvalue weighted by atomic mass is 10.1. The van der Waals surface area contributed by atoms with Crippen LogP contribution in [0.1, 0.15) is 32.1 Å². The minimum atomic E-state index is 0.779. The Bertz CT molecular complexity index is 182. The summed E-state index contributed by atoms with van der Waals surface area (Å²) in [4.78, 5) is 5.05. The summed E-state index contributed by atoms with van der Waals surface area (Å²) in [5.74, 6) is 0. The molecule has 0 aliphatic carbocycles. The van der Waals surface area contributed by atoms with Gasteiger partial charge in [-0.05, 0) is 58.9 Å². The highest BCUT2D eigenvalue weighted by molar-refractivity contribution is 4.76. The molecule has 0 saturated carbocycles. The summed E-state index contributed by atoms with van der Waals surface area (Å²) in [5.41, 5.74) is 0. The van der Waals surface area contributed by atoms with E-state index in [0.717, 1.165) is 6.04 Å². The first kappa shape index (κ1) is 12.3. The van der Waals surface area contributed by atoms with Crippen molar-refractivity contribution in [3.05, 3.63) is 0 Å². The van der Waals surface area contributed by atoms with E-state index in [4.69, 9.17) is 0 Å². The zero-order chi connectivity index (χ0) is 11.2. The summed E-state index contributed by atoms with van der Waals surface area (Å²) in [5, 5.41) is 3.72. The molecular formula is C13H27N3. The van der Waals surface area contributed by atoms with Crippen LogP contribution in [0.25, 0.3) is 0 Å². The topological polar surface area (TPSA) is 18.5 Å². The van der Waals surface area contributed by atoms with Gasteiger partial charge < -0.3 is 15.1 Å². The van der Waals surface area contributed by atoms with Gasteiger partial charge in [0.05, 0.1) is 0 Å². The summed E-state index contributed by atoms with van der Waals surface area (Å²) < 4.78 is 0. The molecule has 2 rings (SSSR count). The lowest BCUT2D eigenvalue weighted by molar-refractivity contribution is 0.207. The van der Waals surface area contributed by atoms with Crippen molar-refractivity contribution in [2.45, 2.75) is 38.1 Å². The highest BCUT2D eigenvalue weighted by atomic mass is 15.2. The van der Waals surface area contributed by atoms with E-state index in [1.807, 2.05) is 0 Å². The molecule has 0 aromatic rings. The maximum atomic E-state index is 3.72. The molecular weight excluding hydrogens is 198 g/mol. The molecule has 0 bridgehead atoms. The third kappa shape index (κ3) is 4.04. The van der Waals surface area contributed by atoms with Crippen molar-refractivity contribution in [3.8, 4) is 0 Å². The zero-order valence-electron chi connectivity index (χ0n) is 10.7. The molecule has 2 aliphatic heterocycles. The molecule has 0 spiro atoms. The van der Waals surface area contributed by atoms with E-state index in [1.54, 1.807) is 0 Å². The summed E-state index contributed by atoms with van der Waals surface area (Å²) in [6.45, 7) is 7.63. The Morgan fingerprint density at radius 2 is 1.69 bits per heavy atom. The van der Waals surface area contributed by atoms with Crippen LogP contribution in [-0.2, 0) is 0 Å². The third-order valence-electron chi connectivity index (χ3n) is 4.03. The van der Waals surface area contributed by atoms with Gasteiger partial charge in [-0.1, -0.05) is 6.42 Å². The molecule has 2 aliphatic rings. The van der Waals surface area contributed by atoms with Crippen LogP contribution >= 0.6 is 0 Å². The van der Waals surface area contributed by atoms with Crippen molar-refractivity contribution in [1.82, 2.24) is 15.1 Å². The maximum Gasteiger partial charge on any atom is 0.0107 e. The number of piperidine rings is 2. The molecule has 0 radical (unpaired) electrons. The maximum absolute atomic E-state index is 3.72. The Balaban J connectivity index is 1.53. The Kier molecular flexibility index (Phi) is 5.07. The average molecular weight is 225 g/mol. The molecule has 0 aromatic heterocycles. The number of hydrogen-bond donors (Lipinski definition) is 1. The van der Waals surface area contributed by atoms with Gasteiger partial charge >= 0.3 is 0 Å². The van der Waals surface area contributed by atoms with Gasteiger partial charge in [-0.3, -0.25) is 0 Å². The normalized spacial score (nSPS) is 26.1. The first-order valence-electron chi connectivity index (χ1n) is 6.99. The van der Waals surface area contributed by atoms with E-state index in [2.05, 4.69) is 22.2 Å². The van der Waals surface area contributed by atoms with Crippen molar-refractivity contribution in [2.24, 2.45) is 0 Å². The van der Waals surface area contributed by atoms with Crippen LogP contribution in [-0.4, -0.2) is 62.2 Å². The fourth-order valence-corrected chi connectivity index (χ4v) is 2.82. The van der Waals surface area contributed by atoms with E-state index < -0.39 is 0 Å². The fraction of sp³-hybridized carbons (Fsp3) is 1.00. The smallest absolute Gasteiger partial charge is 0.0107 e. The van der Waals surface area contributed by atoms with Crippen LogP contribution in [0, 0.1) is 0 Å². The van der Waals surface area contributed by atoms with Crippen LogP contribution in [0.15, 0.2) is 0 Å². The second-order valence-corrected chi connectivity index (χ2v) is 5.43. The van der Waals surface area contributed by atoms with Gasteiger partial charge in [-0.15, -0.1) is 0 Å². The zero-order valence-corrected chi connectivity index (χ0v) is 10.7. The van der Waals surface area contributed by atoms with Crippen molar-refractivity contribution < 1.29 is 0 Å². The second kappa shape index (κ2) is 6.58. The molecule has 2 heterocycles. The number of rotatable bonds is 4. The summed E-state index contributed by atoms with van der Waals surface area (Å²) in [7, 11) is 2.23. The van der Waals surface area contributed by atoms with E-state index in [0.29, 0.717) is 0 Å². The molecule has 0 unspecified atom stereocenters. The Morgan fingerprint density at radius 1 is 1.00 bits per heavy atom. The van der Waals surface area contributed by atoms with Gasteiger partial charge in [0.25, 0.3) is 0 Å². The fourth-order valence-electron chi connectivity index (χ4n) is 2.82. The summed E-state index contributed by atoms with van der Waals surface area (Å²) >= 11 is 0. The standard InChI is InChI=1S/C13H27N3/c1-15-10-5-13(6-11-15)14-7-12-16-8-3-2-4-9-16/h13-14H,2-12H2,1H3. The van der Waals surface area contributed by atoms with E-state index in [1.165, 1.54) is 71.4 Å².